The van der Waals surface area contributed by atoms with Crippen molar-refractivity contribution in [3.8, 4) is 0 Å². The summed E-state index contributed by atoms with van der Waals surface area (Å²) in [5, 5.41) is 33.3. The average Bonchev–Trinajstić information content (AvgIpc) is 3.46. The summed E-state index contributed by atoms with van der Waals surface area (Å²) < 4.78 is 14.7. The lowest BCUT2D eigenvalue weighted by Crippen LogP contribution is -2.33. The highest BCUT2D eigenvalue weighted by Gasteiger charge is 2.50. The number of ether oxygens (including phenoxy) is 2. The van der Waals surface area contributed by atoms with E-state index < -0.39 is 36.8 Å². The number of aromatic nitrogens is 4. The molecule has 4 N–H and O–H groups in total. The normalized spacial score (nSPS) is 35.0. The Hall–Kier alpha value is -2.05. The third kappa shape index (κ3) is 2.95. The number of rotatable bonds is 6. The van der Waals surface area contributed by atoms with Crippen molar-refractivity contribution in [3.05, 3.63) is 16.7 Å². The molecule has 30 heavy (non-hydrogen) atoms. The van der Waals surface area contributed by atoms with Gasteiger partial charge in [0.1, 0.15) is 24.5 Å². The minimum Gasteiger partial charge on any atom is -0.394 e. The van der Waals surface area contributed by atoms with Gasteiger partial charge in [-0.05, 0) is 6.42 Å². The van der Waals surface area contributed by atoms with E-state index in [1.165, 1.54) is 10.9 Å². The maximum atomic E-state index is 13.2. The van der Waals surface area contributed by atoms with Crippen molar-refractivity contribution in [2.45, 2.75) is 81.9 Å². The van der Waals surface area contributed by atoms with Gasteiger partial charge in [-0.2, -0.15) is 4.98 Å². The van der Waals surface area contributed by atoms with E-state index in [1.807, 2.05) is 0 Å². The molecule has 2 aromatic rings. The van der Waals surface area contributed by atoms with Crippen LogP contribution in [-0.4, -0.2) is 71.7 Å². The van der Waals surface area contributed by atoms with Crippen molar-refractivity contribution in [3.63, 3.8) is 0 Å². The highest BCUT2D eigenvalue weighted by Crippen LogP contribution is 2.39. The predicted molar refractivity (Wildman–Crippen MR) is 105 cm³/mol. The molecule has 0 unspecified atom stereocenters. The van der Waals surface area contributed by atoms with Crippen LogP contribution >= 0.6 is 0 Å². The summed E-state index contributed by atoms with van der Waals surface area (Å²) in [5.74, 6) is 0.313. The molecular formula is C19H27N5O6. The largest absolute Gasteiger partial charge is 0.394 e. The summed E-state index contributed by atoms with van der Waals surface area (Å²) in [6, 6.07) is -0.551. The van der Waals surface area contributed by atoms with Crippen LogP contribution in [0.1, 0.15) is 51.3 Å². The number of nitrogens with one attached hydrogen (secondary N) is 1. The summed E-state index contributed by atoms with van der Waals surface area (Å²) in [6.07, 6.45) is 1.85. The number of aliphatic hydroxyl groups is 3. The van der Waals surface area contributed by atoms with Gasteiger partial charge in [0.05, 0.1) is 25.1 Å². The number of nitrogens with zero attached hydrogens (tertiary/aromatic N) is 4. The molecule has 2 fully saturated rings. The first-order chi connectivity index (χ1) is 14.5. The second kappa shape index (κ2) is 7.57. The third-order valence-electron chi connectivity index (χ3n) is 6.35. The molecule has 11 heteroatoms. The first-order valence-electron chi connectivity index (χ1n) is 10.6. The maximum absolute atomic E-state index is 13.2. The van der Waals surface area contributed by atoms with Gasteiger partial charge in [0, 0.05) is 6.42 Å². The van der Waals surface area contributed by atoms with Crippen molar-refractivity contribution in [2.75, 3.05) is 11.9 Å². The van der Waals surface area contributed by atoms with Gasteiger partial charge in [-0.3, -0.25) is 13.9 Å². The quantitative estimate of drug-likeness (QED) is 0.469. The number of fused-ring (bicyclic) bond motifs is 4. The van der Waals surface area contributed by atoms with Crippen molar-refractivity contribution in [1.82, 2.24) is 19.1 Å². The highest BCUT2D eigenvalue weighted by molar-refractivity contribution is 5.72. The molecule has 0 bridgehead atoms. The topological polar surface area (TPSA) is 144 Å². The van der Waals surface area contributed by atoms with Gasteiger partial charge in [0.15, 0.2) is 17.4 Å². The van der Waals surface area contributed by atoms with Crippen LogP contribution in [0.4, 0.5) is 5.95 Å². The average molecular weight is 421 g/mol. The first kappa shape index (κ1) is 19.9. The fraction of sp³-hybridized carbons (Fsp3) is 0.737. The predicted octanol–water partition coefficient (Wildman–Crippen LogP) is -0.134. The van der Waals surface area contributed by atoms with E-state index in [9.17, 15) is 20.1 Å². The van der Waals surface area contributed by atoms with E-state index in [0.717, 1.165) is 25.7 Å². The Labute approximate surface area is 172 Å². The molecule has 0 spiro atoms. The van der Waals surface area contributed by atoms with Crippen molar-refractivity contribution < 1.29 is 24.8 Å². The van der Waals surface area contributed by atoms with Crippen molar-refractivity contribution in [1.29, 1.82) is 0 Å². The molecule has 3 aliphatic heterocycles. The van der Waals surface area contributed by atoms with E-state index in [4.69, 9.17) is 9.47 Å². The Balaban J connectivity index is 1.46. The smallest absolute Gasteiger partial charge is 0.283 e. The number of imidazole rings is 1. The van der Waals surface area contributed by atoms with Crippen LogP contribution in [0.3, 0.4) is 0 Å². The Morgan fingerprint density at radius 3 is 2.83 bits per heavy atom. The van der Waals surface area contributed by atoms with Gasteiger partial charge in [0.2, 0.25) is 5.95 Å². The second-order valence-electron chi connectivity index (χ2n) is 8.27. The fourth-order valence-electron chi connectivity index (χ4n) is 4.74. The molecular weight excluding hydrogens is 394 g/mol. The summed E-state index contributed by atoms with van der Waals surface area (Å²) >= 11 is 0. The summed E-state index contributed by atoms with van der Waals surface area (Å²) in [4.78, 5) is 22.0. The number of hydrogen-bond acceptors (Lipinski definition) is 9. The van der Waals surface area contributed by atoms with Crippen LogP contribution in [0.5, 0.6) is 0 Å². The van der Waals surface area contributed by atoms with Gasteiger partial charge in [0.25, 0.3) is 5.56 Å². The van der Waals surface area contributed by atoms with E-state index in [0.29, 0.717) is 11.6 Å². The molecule has 11 nitrogen and oxygen atoms in total. The number of aliphatic hydroxyl groups excluding tert-OH is 3. The Morgan fingerprint density at radius 1 is 1.27 bits per heavy atom. The molecule has 5 heterocycles. The van der Waals surface area contributed by atoms with Crippen molar-refractivity contribution >= 4 is 17.1 Å². The second-order valence-corrected chi connectivity index (χ2v) is 8.27. The molecule has 0 amide bonds. The van der Waals surface area contributed by atoms with Crippen LogP contribution in [-0.2, 0) is 9.47 Å². The molecule has 3 aliphatic rings. The summed E-state index contributed by atoms with van der Waals surface area (Å²) in [5.41, 5.74) is 0.125. The fourth-order valence-corrected chi connectivity index (χ4v) is 4.74. The molecule has 0 radical (unpaired) electrons. The van der Waals surface area contributed by atoms with Gasteiger partial charge in [-0.25, -0.2) is 4.98 Å². The van der Waals surface area contributed by atoms with E-state index in [1.54, 1.807) is 4.57 Å². The van der Waals surface area contributed by atoms with Crippen LogP contribution in [0, 0.1) is 0 Å². The van der Waals surface area contributed by atoms with Crippen LogP contribution < -0.4 is 10.9 Å². The lowest BCUT2D eigenvalue weighted by atomic mass is 10.0. The SMILES string of the molecule is CCCCC[C@@H]1O[C@@H]2Nc3nc4c(ncn4[C@H]4C[C@H](O)[C@@H](CO)O4)c(=O)n3[C@@H]2[C@@H]1O. The lowest BCUT2D eigenvalue weighted by Gasteiger charge is -2.18. The zero-order valence-corrected chi connectivity index (χ0v) is 16.7. The zero-order chi connectivity index (χ0) is 21.0. The molecule has 2 saturated heterocycles. The first-order valence-corrected chi connectivity index (χ1v) is 10.6. The van der Waals surface area contributed by atoms with E-state index in [2.05, 4.69) is 22.2 Å². The number of anilines is 1. The molecule has 2 aromatic heterocycles. The van der Waals surface area contributed by atoms with Crippen LogP contribution in [0.25, 0.3) is 11.2 Å². The molecule has 5 rings (SSSR count). The van der Waals surface area contributed by atoms with E-state index >= 15 is 0 Å². The monoisotopic (exact) mass is 421 g/mol. The Morgan fingerprint density at radius 2 is 2.10 bits per heavy atom. The molecule has 0 saturated carbocycles. The molecule has 7 atom stereocenters. The standard InChI is InChI=1S/C19H27N5O6/c1-2-3-4-5-10-15(27)14-17(30-10)22-19-21-16-13(18(28)24(14)19)20-8-23(16)12-6-9(26)11(7-25)29-12/h8-12,14-15,17,25-27H,2-7H2,1H3,(H,21,22)/t9-,10-,11+,12+,14+,15+,17-/m0/s1. The van der Waals surface area contributed by atoms with Crippen LogP contribution in [0.2, 0.25) is 0 Å². The van der Waals surface area contributed by atoms with Gasteiger partial charge >= 0.3 is 0 Å². The minimum atomic E-state index is -0.807. The van der Waals surface area contributed by atoms with E-state index in [-0.39, 0.29) is 30.2 Å². The highest BCUT2D eigenvalue weighted by atomic mass is 16.5. The molecule has 164 valence electrons. The number of unbranched alkanes of at least 4 members (excludes halogenated alkanes) is 2. The zero-order valence-electron chi connectivity index (χ0n) is 16.7. The van der Waals surface area contributed by atoms with Crippen molar-refractivity contribution in [2.24, 2.45) is 0 Å². The molecule has 0 aromatic carbocycles. The van der Waals surface area contributed by atoms with Gasteiger partial charge in [-0.15, -0.1) is 0 Å². The van der Waals surface area contributed by atoms with Gasteiger partial charge in [-0.1, -0.05) is 26.2 Å². The number of hydrogen-bond donors (Lipinski definition) is 4. The Kier molecular flexibility index (Phi) is 5.02. The summed E-state index contributed by atoms with van der Waals surface area (Å²) in [6.45, 7) is 1.82. The molecule has 0 aliphatic carbocycles. The Bertz CT molecular complexity index is 992. The van der Waals surface area contributed by atoms with Gasteiger partial charge < -0.3 is 30.1 Å². The van der Waals surface area contributed by atoms with Crippen LogP contribution in [0.15, 0.2) is 11.1 Å². The third-order valence-corrected chi connectivity index (χ3v) is 6.35. The minimum absolute atomic E-state index is 0.161. The lowest BCUT2D eigenvalue weighted by molar-refractivity contribution is -0.0432. The maximum Gasteiger partial charge on any atom is 0.283 e. The summed E-state index contributed by atoms with van der Waals surface area (Å²) in [7, 11) is 0.